The zero-order valence-corrected chi connectivity index (χ0v) is 17.4. The van der Waals surface area contributed by atoms with Gasteiger partial charge in [-0.3, -0.25) is 9.59 Å². The maximum absolute atomic E-state index is 12.2. The third-order valence-corrected chi connectivity index (χ3v) is 4.92. The van der Waals surface area contributed by atoms with E-state index in [1.165, 1.54) is 11.1 Å². The Morgan fingerprint density at radius 1 is 0.893 bits per heavy atom. The van der Waals surface area contributed by atoms with Crippen molar-refractivity contribution in [1.82, 2.24) is 10.6 Å². The van der Waals surface area contributed by atoms with Crippen LogP contribution in [0.2, 0.25) is 0 Å². The summed E-state index contributed by atoms with van der Waals surface area (Å²) >= 11 is 0. The van der Waals surface area contributed by atoms with Crippen LogP contribution in [0.1, 0.15) is 67.9 Å². The fourth-order valence-corrected chi connectivity index (χ4v) is 2.98. The predicted molar refractivity (Wildman–Crippen MR) is 115 cm³/mol. The van der Waals surface area contributed by atoms with Crippen LogP contribution in [0.25, 0.3) is 0 Å². The molecule has 1 atom stereocenters. The molecular formula is C24H32N2O2. The van der Waals surface area contributed by atoms with Gasteiger partial charge in [-0.05, 0) is 41.0 Å². The van der Waals surface area contributed by atoms with Gasteiger partial charge in [0.05, 0.1) is 0 Å². The molecule has 150 valence electrons. The Kier molecular flexibility index (Phi) is 7.80. The van der Waals surface area contributed by atoms with Gasteiger partial charge in [-0.1, -0.05) is 70.2 Å². The van der Waals surface area contributed by atoms with Gasteiger partial charge in [0.15, 0.2) is 0 Å². The molecule has 0 saturated heterocycles. The van der Waals surface area contributed by atoms with Gasteiger partial charge in [-0.2, -0.15) is 0 Å². The normalized spacial score (nSPS) is 12.3. The molecule has 0 bridgehead atoms. The summed E-state index contributed by atoms with van der Waals surface area (Å²) < 4.78 is 0. The Balaban J connectivity index is 1.67. The van der Waals surface area contributed by atoms with E-state index in [9.17, 15) is 9.59 Å². The van der Waals surface area contributed by atoms with Gasteiger partial charge < -0.3 is 10.6 Å². The first-order chi connectivity index (χ1) is 13.3. The van der Waals surface area contributed by atoms with E-state index in [4.69, 9.17) is 0 Å². The average molecular weight is 381 g/mol. The molecule has 4 heteroatoms. The molecule has 0 aliphatic heterocycles. The molecule has 0 radical (unpaired) electrons. The van der Waals surface area contributed by atoms with Gasteiger partial charge in [0.2, 0.25) is 5.91 Å². The van der Waals surface area contributed by atoms with Crippen molar-refractivity contribution in [2.24, 2.45) is 0 Å². The summed E-state index contributed by atoms with van der Waals surface area (Å²) in [5.41, 5.74) is 3.14. The maximum Gasteiger partial charge on any atom is 0.251 e. The van der Waals surface area contributed by atoms with Crippen LogP contribution in [-0.4, -0.2) is 24.9 Å². The van der Waals surface area contributed by atoms with E-state index in [-0.39, 0.29) is 23.7 Å². The van der Waals surface area contributed by atoms with Gasteiger partial charge in [0.25, 0.3) is 5.91 Å². The Morgan fingerprint density at radius 2 is 1.54 bits per heavy atom. The minimum Gasteiger partial charge on any atom is -0.356 e. The third-order valence-electron chi connectivity index (χ3n) is 4.92. The van der Waals surface area contributed by atoms with E-state index in [0.29, 0.717) is 24.6 Å². The fourth-order valence-electron chi connectivity index (χ4n) is 2.98. The topological polar surface area (TPSA) is 58.2 Å². The lowest BCUT2D eigenvalue weighted by atomic mass is 9.87. The molecule has 0 aliphatic rings. The summed E-state index contributed by atoms with van der Waals surface area (Å²) in [4.78, 5) is 24.2. The number of hydrogen-bond acceptors (Lipinski definition) is 2. The Labute approximate surface area is 168 Å². The van der Waals surface area contributed by atoms with Crippen LogP contribution in [0.3, 0.4) is 0 Å². The molecule has 1 unspecified atom stereocenters. The minimum absolute atomic E-state index is 0.0383. The Morgan fingerprint density at radius 3 is 2.14 bits per heavy atom. The summed E-state index contributed by atoms with van der Waals surface area (Å²) in [7, 11) is 0. The van der Waals surface area contributed by atoms with E-state index < -0.39 is 0 Å². The average Bonchev–Trinajstić information content (AvgIpc) is 2.68. The number of benzene rings is 2. The second kappa shape index (κ2) is 10.1. The lowest BCUT2D eigenvalue weighted by molar-refractivity contribution is -0.120. The molecule has 0 saturated carbocycles. The summed E-state index contributed by atoms with van der Waals surface area (Å²) in [6, 6.07) is 17.9. The SMILES string of the molecule is CC(CCNC(=O)CCNC(=O)c1ccc(C(C)(C)C)cc1)c1ccccc1. The molecule has 2 N–H and O–H groups in total. The van der Waals surface area contributed by atoms with Crippen LogP contribution < -0.4 is 10.6 Å². The van der Waals surface area contributed by atoms with Gasteiger partial charge in [-0.15, -0.1) is 0 Å². The van der Waals surface area contributed by atoms with Crippen molar-refractivity contribution in [1.29, 1.82) is 0 Å². The zero-order chi connectivity index (χ0) is 20.6. The van der Waals surface area contributed by atoms with Crippen LogP contribution in [0.15, 0.2) is 54.6 Å². The first-order valence-corrected chi connectivity index (χ1v) is 9.98. The zero-order valence-electron chi connectivity index (χ0n) is 17.4. The van der Waals surface area contributed by atoms with Crippen molar-refractivity contribution in [2.45, 2.75) is 51.9 Å². The molecule has 0 aromatic heterocycles. The molecule has 0 fully saturated rings. The molecule has 4 nitrogen and oxygen atoms in total. The van der Waals surface area contributed by atoms with Crippen molar-refractivity contribution in [3.8, 4) is 0 Å². The largest absolute Gasteiger partial charge is 0.356 e. The number of rotatable bonds is 8. The molecule has 0 heterocycles. The van der Waals surface area contributed by atoms with Crippen molar-refractivity contribution in [3.05, 3.63) is 71.3 Å². The number of hydrogen-bond donors (Lipinski definition) is 2. The van der Waals surface area contributed by atoms with Crippen LogP contribution in [0.4, 0.5) is 0 Å². The second-order valence-electron chi connectivity index (χ2n) is 8.28. The highest BCUT2D eigenvalue weighted by atomic mass is 16.2. The van der Waals surface area contributed by atoms with E-state index in [1.807, 2.05) is 42.5 Å². The molecule has 2 rings (SSSR count). The summed E-state index contributed by atoms with van der Waals surface area (Å²) in [6.45, 7) is 9.55. The van der Waals surface area contributed by atoms with E-state index in [0.717, 1.165) is 6.42 Å². The monoisotopic (exact) mass is 380 g/mol. The smallest absolute Gasteiger partial charge is 0.251 e. The number of carbonyl (C=O) groups excluding carboxylic acids is 2. The number of carbonyl (C=O) groups is 2. The first kappa shape index (κ1) is 21.7. The molecule has 0 spiro atoms. The van der Waals surface area contributed by atoms with Crippen LogP contribution in [-0.2, 0) is 10.2 Å². The van der Waals surface area contributed by atoms with Gasteiger partial charge in [-0.25, -0.2) is 0 Å². The fraction of sp³-hybridized carbons (Fsp3) is 0.417. The highest BCUT2D eigenvalue weighted by molar-refractivity contribution is 5.94. The van der Waals surface area contributed by atoms with Crippen molar-refractivity contribution >= 4 is 11.8 Å². The summed E-state index contributed by atoms with van der Waals surface area (Å²) in [6.07, 6.45) is 1.17. The van der Waals surface area contributed by atoms with Crippen LogP contribution in [0, 0.1) is 0 Å². The molecule has 2 amide bonds. The first-order valence-electron chi connectivity index (χ1n) is 9.98. The Bertz CT molecular complexity index is 761. The second-order valence-corrected chi connectivity index (χ2v) is 8.28. The number of amides is 2. The van der Waals surface area contributed by atoms with Gasteiger partial charge in [0.1, 0.15) is 0 Å². The number of nitrogens with one attached hydrogen (secondary N) is 2. The van der Waals surface area contributed by atoms with Crippen LogP contribution >= 0.6 is 0 Å². The lowest BCUT2D eigenvalue weighted by Crippen LogP contribution is -2.31. The molecule has 28 heavy (non-hydrogen) atoms. The van der Waals surface area contributed by atoms with Crippen molar-refractivity contribution < 1.29 is 9.59 Å². The maximum atomic E-state index is 12.2. The molecule has 2 aromatic carbocycles. The summed E-state index contributed by atoms with van der Waals surface area (Å²) in [5.74, 6) is 0.215. The van der Waals surface area contributed by atoms with Crippen molar-refractivity contribution in [2.75, 3.05) is 13.1 Å². The molecular weight excluding hydrogens is 348 g/mol. The van der Waals surface area contributed by atoms with Gasteiger partial charge in [0, 0.05) is 25.1 Å². The minimum atomic E-state index is -0.147. The van der Waals surface area contributed by atoms with E-state index in [1.54, 1.807) is 0 Å². The lowest BCUT2D eigenvalue weighted by Gasteiger charge is -2.19. The van der Waals surface area contributed by atoms with E-state index >= 15 is 0 Å². The highest BCUT2D eigenvalue weighted by Gasteiger charge is 2.14. The third kappa shape index (κ3) is 6.84. The van der Waals surface area contributed by atoms with Crippen LogP contribution in [0.5, 0.6) is 0 Å². The highest BCUT2D eigenvalue weighted by Crippen LogP contribution is 2.22. The van der Waals surface area contributed by atoms with E-state index in [2.05, 4.69) is 50.5 Å². The van der Waals surface area contributed by atoms with Gasteiger partial charge >= 0.3 is 0 Å². The standard InChI is InChI=1S/C24H32N2O2/c1-18(19-8-6-5-7-9-19)14-16-25-22(27)15-17-26-23(28)20-10-12-21(13-11-20)24(2,3)4/h5-13,18H,14-17H2,1-4H3,(H,25,27)(H,26,28). The predicted octanol–water partition coefficient (Wildman–Crippen LogP) is 4.41. The van der Waals surface area contributed by atoms with Crippen molar-refractivity contribution in [3.63, 3.8) is 0 Å². The molecule has 0 aliphatic carbocycles. The summed E-state index contributed by atoms with van der Waals surface area (Å²) in [5, 5.41) is 5.74. The molecule has 2 aromatic rings. The quantitative estimate of drug-likeness (QED) is 0.712. The Hall–Kier alpha value is -2.62.